The third kappa shape index (κ3) is 6.97. The average molecular weight is 471 g/mol. The molecule has 0 bridgehead atoms. The Morgan fingerprint density at radius 3 is 2.27 bits per heavy atom. The molecular formula is C27H35ClN2O3. The average Bonchev–Trinajstić information content (AvgIpc) is 2.80. The van der Waals surface area contributed by atoms with Crippen LogP contribution in [-0.2, 0) is 16.1 Å². The molecule has 3 rings (SSSR count). The van der Waals surface area contributed by atoms with Crippen LogP contribution in [0.5, 0.6) is 5.75 Å². The van der Waals surface area contributed by atoms with E-state index < -0.39 is 6.04 Å². The zero-order valence-electron chi connectivity index (χ0n) is 20.1. The molecule has 1 fully saturated rings. The van der Waals surface area contributed by atoms with Crippen molar-refractivity contribution >= 4 is 23.4 Å². The Bertz CT molecular complexity index is 945. The Labute approximate surface area is 202 Å². The van der Waals surface area contributed by atoms with Gasteiger partial charge in [0.25, 0.3) is 5.91 Å². The summed E-state index contributed by atoms with van der Waals surface area (Å²) < 4.78 is 5.82. The van der Waals surface area contributed by atoms with E-state index in [4.69, 9.17) is 16.3 Å². The Kier molecular flexibility index (Phi) is 8.79. The van der Waals surface area contributed by atoms with Crippen molar-refractivity contribution in [3.05, 3.63) is 63.7 Å². The topological polar surface area (TPSA) is 58.6 Å². The van der Waals surface area contributed by atoms with E-state index in [-0.39, 0.29) is 24.5 Å². The predicted octanol–water partition coefficient (Wildman–Crippen LogP) is 5.51. The quantitative estimate of drug-likeness (QED) is 0.553. The molecule has 0 heterocycles. The molecule has 1 saturated carbocycles. The summed E-state index contributed by atoms with van der Waals surface area (Å²) in [5.41, 5.74) is 3.92. The van der Waals surface area contributed by atoms with Gasteiger partial charge in [0.15, 0.2) is 6.61 Å². The van der Waals surface area contributed by atoms with Gasteiger partial charge in [-0.3, -0.25) is 9.59 Å². The minimum absolute atomic E-state index is 0.111. The number of rotatable bonds is 8. The van der Waals surface area contributed by atoms with Crippen LogP contribution >= 0.6 is 11.6 Å². The van der Waals surface area contributed by atoms with E-state index in [0.29, 0.717) is 17.3 Å². The summed E-state index contributed by atoms with van der Waals surface area (Å²) in [6, 6.07) is 11.3. The van der Waals surface area contributed by atoms with Gasteiger partial charge in [0.2, 0.25) is 5.91 Å². The lowest BCUT2D eigenvalue weighted by Gasteiger charge is -2.31. The number of ether oxygens (including phenoxy) is 1. The van der Waals surface area contributed by atoms with Gasteiger partial charge < -0.3 is 15.0 Å². The van der Waals surface area contributed by atoms with Crippen molar-refractivity contribution in [1.82, 2.24) is 10.2 Å². The second-order valence-corrected chi connectivity index (χ2v) is 9.56. The number of nitrogens with one attached hydrogen (secondary N) is 1. The maximum Gasteiger partial charge on any atom is 0.261 e. The van der Waals surface area contributed by atoms with E-state index in [1.807, 2.05) is 57.2 Å². The van der Waals surface area contributed by atoms with Gasteiger partial charge in [0, 0.05) is 17.6 Å². The number of carbonyl (C=O) groups is 2. The maximum atomic E-state index is 13.3. The smallest absolute Gasteiger partial charge is 0.261 e. The highest BCUT2D eigenvalue weighted by Crippen LogP contribution is 2.26. The Hall–Kier alpha value is -2.53. The van der Waals surface area contributed by atoms with Crippen LogP contribution in [0.2, 0.25) is 5.02 Å². The minimum atomic E-state index is -0.599. The molecule has 6 heteroatoms. The summed E-state index contributed by atoms with van der Waals surface area (Å²) in [6.07, 6.45) is 5.50. The molecule has 0 spiro atoms. The van der Waals surface area contributed by atoms with Crippen LogP contribution in [0.3, 0.4) is 0 Å². The Morgan fingerprint density at radius 1 is 1.06 bits per heavy atom. The fourth-order valence-corrected chi connectivity index (χ4v) is 4.37. The van der Waals surface area contributed by atoms with Crippen LogP contribution in [-0.4, -0.2) is 35.4 Å². The van der Waals surface area contributed by atoms with Gasteiger partial charge in [-0.15, -0.1) is 0 Å². The molecule has 1 aliphatic carbocycles. The van der Waals surface area contributed by atoms with Gasteiger partial charge in [-0.05, 0) is 69.4 Å². The highest BCUT2D eigenvalue weighted by atomic mass is 35.5. The number of amides is 2. The molecular weight excluding hydrogens is 436 g/mol. The lowest BCUT2D eigenvalue weighted by Crippen LogP contribution is -2.51. The molecule has 1 atom stereocenters. The SMILES string of the molecule is Cc1ccc(CN(C(=O)COc2cc(C)c(Cl)c(C)c2)C(C)C(=O)NC2CCCCC2)cc1. The molecule has 0 radical (unpaired) electrons. The standard InChI is InChI=1S/C27H35ClN2O3/c1-18-10-12-22(13-11-18)16-30(21(4)27(32)29-23-8-6-5-7-9-23)25(31)17-33-24-14-19(2)26(28)20(3)15-24/h10-15,21,23H,5-9,16-17H2,1-4H3,(H,29,32). The first-order valence-corrected chi connectivity index (χ1v) is 12.2. The molecule has 2 aromatic rings. The molecule has 0 aliphatic heterocycles. The van der Waals surface area contributed by atoms with Crippen molar-refractivity contribution in [2.24, 2.45) is 0 Å². The van der Waals surface area contributed by atoms with E-state index >= 15 is 0 Å². The first kappa shape index (κ1) is 25.1. The minimum Gasteiger partial charge on any atom is -0.484 e. The number of nitrogens with zero attached hydrogens (tertiary/aromatic N) is 1. The lowest BCUT2D eigenvalue weighted by atomic mass is 9.95. The van der Waals surface area contributed by atoms with Crippen molar-refractivity contribution in [3.8, 4) is 5.75 Å². The fraction of sp³-hybridized carbons (Fsp3) is 0.481. The van der Waals surface area contributed by atoms with Crippen LogP contribution < -0.4 is 10.1 Å². The summed E-state index contributed by atoms with van der Waals surface area (Å²) >= 11 is 6.25. The summed E-state index contributed by atoms with van der Waals surface area (Å²) in [6.45, 7) is 7.84. The van der Waals surface area contributed by atoms with Crippen LogP contribution in [0.25, 0.3) is 0 Å². The number of hydrogen-bond acceptors (Lipinski definition) is 3. The second kappa shape index (κ2) is 11.6. The van der Waals surface area contributed by atoms with Crippen LogP contribution in [0, 0.1) is 20.8 Å². The fourth-order valence-electron chi connectivity index (χ4n) is 4.26. The molecule has 178 valence electrons. The van der Waals surface area contributed by atoms with E-state index in [1.165, 1.54) is 6.42 Å². The molecule has 1 aliphatic rings. The molecule has 1 unspecified atom stereocenters. The summed E-state index contributed by atoms with van der Waals surface area (Å²) in [7, 11) is 0. The van der Waals surface area contributed by atoms with Crippen molar-refractivity contribution in [2.75, 3.05) is 6.61 Å². The largest absolute Gasteiger partial charge is 0.484 e. The normalized spacial score (nSPS) is 15.1. The molecule has 2 aromatic carbocycles. The third-order valence-corrected chi connectivity index (χ3v) is 6.96. The van der Waals surface area contributed by atoms with Crippen LogP contribution in [0.4, 0.5) is 0 Å². The van der Waals surface area contributed by atoms with Crippen LogP contribution in [0.1, 0.15) is 61.3 Å². The molecule has 5 nitrogen and oxygen atoms in total. The van der Waals surface area contributed by atoms with Crippen molar-refractivity contribution < 1.29 is 14.3 Å². The maximum absolute atomic E-state index is 13.3. The Morgan fingerprint density at radius 2 is 1.67 bits per heavy atom. The van der Waals surface area contributed by atoms with E-state index in [1.54, 1.807) is 11.8 Å². The number of aryl methyl sites for hydroxylation is 3. The third-order valence-electron chi connectivity index (χ3n) is 6.36. The first-order valence-electron chi connectivity index (χ1n) is 11.8. The predicted molar refractivity (Wildman–Crippen MR) is 133 cm³/mol. The van der Waals surface area contributed by atoms with Gasteiger partial charge in [-0.25, -0.2) is 0 Å². The van der Waals surface area contributed by atoms with Gasteiger partial charge >= 0.3 is 0 Å². The van der Waals surface area contributed by atoms with E-state index in [0.717, 1.165) is 47.9 Å². The Balaban J connectivity index is 1.72. The zero-order valence-corrected chi connectivity index (χ0v) is 20.9. The van der Waals surface area contributed by atoms with E-state index in [9.17, 15) is 9.59 Å². The number of hydrogen-bond donors (Lipinski definition) is 1. The number of carbonyl (C=O) groups excluding carboxylic acids is 2. The van der Waals surface area contributed by atoms with Gasteiger partial charge in [-0.2, -0.15) is 0 Å². The molecule has 2 amide bonds. The van der Waals surface area contributed by atoms with Crippen molar-refractivity contribution in [2.45, 2.75) is 78.4 Å². The molecule has 1 N–H and O–H groups in total. The zero-order chi connectivity index (χ0) is 24.0. The number of benzene rings is 2. The summed E-state index contributed by atoms with van der Waals surface area (Å²) in [5, 5.41) is 3.85. The molecule has 0 saturated heterocycles. The first-order chi connectivity index (χ1) is 15.7. The van der Waals surface area contributed by atoms with Gasteiger partial charge in [-0.1, -0.05) is 60.7 Å². The summed E-state index contributed by atoms with van der Waals surface area (Å²) in [5.74, 6) is 0.255. The van der Waals surface area contributed by atoms with Gasteiger partial charge in [0.05, 0.1) is 0 Å². The highest BCUT2D eigenvalue weighted by molar-refractivity contribution is 6.32. The summed E-state index contributed by atoms with van der Waals surface area (Å²) in [4.78, 5) is 27.9. The molecule has 0 aromatic heterocycles. The van der Waals surface area contributed by atoms with Crippen molar-refractivity contribution in [3.63, 3.8) is 0 Å². The second-order valence-electron chi connectivity index (χ2n) is 9.19. The molecule has 33 heavy (non-hydrogen) atoms. The van der Waals surface area contributed by atoms with Crippen molar-refractivity contribution in [1.29, 1.82) is 0 Å². The van der Waals surface area contributed by atoms with Crippen LogP contribution in [0.15, 0.2) is 36.4 Å². The highest BCUT2D eigenvalue weighted by Gasteiger charge is 2.28. The number of halogens is 1. The monoisotopic (exact) mass is 470 g/mol. The van der Waals surface area contributed by atoms with Gasteiger partial charge in [0.1, 0.15) is 11.8 Å². The lowest BCUT2D eigenvalue weighted by molar-refractivity contribution is -0.142. The van der Waals surface area contributed by atoms with E-state index in [2.05, 4.69) is 5.32 Å².